The van der Waals surface area contributed by atoms with Gasteiger partial charge in [0.2, 0.25) is 0 Å². The Morgan fingerprint density at radius 1 is 1.21 bits per heavy atom. The maximum atomic E-state index is 10.9. The Hall–Kier alpha value is -0.610. The summed E-state index contributed by atoms with van der Waals surface area (Å²) in [5.41, 5.74) is 4.15. The number of carbonyl (C=O) groups is 1. The second kappa shape index (κ2) is 4.75. The summed E-state index contributed by atoms with van der Waals surface area (Å²) in [6, 6.07) is 0. The number of hydrogen-bond acceptors (Lipinski definition) is 4. The van der Waals surface area contributed by atoms with Gasteiger partial charge in [-0.2, -0.15) is 0 Å². The molecule has 0 aromatic carbocycles. The molecule has 0 aliphatic rings. The Morgan fingerprint density at radius 3 is 2.07 bits per heavy atom. The van der Waals surface area contributed by atoms with Gasteiger partial charge in [-0.15, -0.1) is 0 Å². The molecule has 0 aromatic rings. The fourth-order valence-electron chi connectivity index (χ4n) is 0.970. The molecule has 14 heavy (non-hydrogen) atoms. The van der Waals surface area contributed by atoms with Gasteiger partial charge in [0, 0.05) is 13.5 Å². The first kappa shape index (κ1) is 13.4. The Morgan fingerprint density at radius 2 is 1.71 bits per heavy atom. The van der Waals surface area contributed by atoms with Gasteiger partial charge in [-0.25, -0.2) is 0 Å². The van der Waals surface area contributed by atoms with Crippen LogP contribution in [0.25, 0.3) is 0 Å². The molecule has 0 aliphatic heterocycles. The highest BCUT2D eigenvalue weighted by atomic mass is 16.6. The lowest BCUT2D eigenvalue weighted by molar-refractivity contribution is -0.189. The van der Waals surface area contributed by atoms with Crippen LogP contribution in [0.1, 0.15) is 34.6 Å². The summed E-state index contributed by atoms with van der Waals surface area (Å²) >= 11 is 0. The normalized spacial score (nSPS) is 12.7. The van der Waals surface area contributed by atoms with E-state index in [0.717, 1.165) is 0 Å². The second-order valence-corrected chi connectivity index (χ2v) is 4.25. The average Bonchev–Trinajstić information content (AvgIpc) is 1.98. The van der Waals surface area contributed by atoms with E-state index in [4.69, 9.17) is 15.2 Å². The summed E-state index contributed by atoms with van der Waals surface area (Å²) in [6.45, 7) is 9.71. The van der Waals surface area contributed by atoms with Gasteiger partial charge in [0.1, 0.15) is 11.2 Å². The van der Waals surface area contributed by atoms with Gasteiger partial charge in [-0.3, -0.25) is 4.79 Å². The maximum Gasteiger partial charge on any atom is 0.303 e. The van der Waals surface area contributed by atoms with Crippen molar-refractivity contribution in [2.45, 2.75) is 45.8 Å². The number of carbonyl (C=O) groups excluding carboxylic acids is 1. The van der Waals surface area contributed by atoms with Crippen LogP contribution in [0.15, 0.2) is 0 Å². The van der Waals surface area contributed by atoms with Crippen molar-refractivity contribution >= 4 is 5.97 Å². The number of rotatable bonds is 5. The standard InChI is InChI=1S/C10H21NO3/c1-8(12)14-10(4,5)9(2,3)13-7-6-11/h6-7,11H2,1-5H3. The van der Waals surface area contributed by atoms with Crippen LogP contribution in [0, 0.1) is 0 Å². The highest BCUT2D eigenvalue weighted by molar-refractivity contribution is 5.66. The van der Waals surface area contributed by atoms with Crippen LogP contribution in [0.4, 0.5) is 0 Å². The van der Waals surface area contributed by atoms with Crippen LogP contribution >= 0.6 is 0 Å². The smallest absolute Gasteiger partial charge is 0.303 e. The van der Waals surface area contributed by atoms with E-state index in [1.165, 1.54) is 6.92 Å². The van der Waals surface area contributed by atoms with Gasteiger partial charge >= 0.3 is 5.97 Å². The van der Waals surface area contributed by atoms with Crippen molar-refractivity contribution in [3.05, 3.63) is 0 Å². The molecule has 0 aliphatic carbocycles. The lowest BCUT2D eigenvalue weighted by Crippen LogP contribution is -2.50. The zero-order chi connectivity index (χ0) is 11.4. The Bertz CT molecular complexity index is 200. The van der Waals surface area contributed by atoms with E-state index in [1.54, 1.807) is 0 Å². The minimum atomic E-state index is -0.659. The number of esters is 1. The third kappa shape index (κ3) is 3.64. The Labute approximate surface area is 85.8 Å². The van der Waals surface area contributed by atoms with Crippen LogP contribution in [0.2, 0.25) is 0 Å². The van der Waals surface area contributed by atoms with Crippen molar-refractivity contribution < 1.29 is 14.3 Å². The first-order valence-electron chi connectivity index (χ1n) is 4.76. The van der Waals surface area contributed by atoms with Gasteiger partial charge < -0.3 is 15.2 Å². The highest BCUT2D eigenvalue weighted by Gasteiger charge is 2.40. The van der Waals surface area contributed by atoms with E-state index < -0.39 is 11.2 Å². The summed E-state index contributed by atoms with van der Waals surface area (Å²) in [4.78, 5) is 10.9. The molecular formula is C10H21NO3. The minimum absolute atomic E-state index is 0.306. The van der Waals surface area contributed by atoms with E-state index in [0.29, 0.717) is 13.2 Å². The van der Waals surface area contributed by atoms with Gasteiger partial charge in [0.05, 0.1) is 6.61 Å². The first-order valence-corrected chi connectivity index (χ1v) is 4.76. The van der Waals surface area contributed by atoms with Gasteiger partial charge in [0.15, 0.2) is 0 Å². The minimum Gasteiger partial charge on any atom is -0.457 e. The van der Waals surface area contributed by atoms with Gasteiger partial charge in [-0.1, -0.05) is 0 Å². The number of ether oxygens (including phenoxy) is 2. The quantitative estimate of drug-likeness (QED) is 0.679. The molecule has 0 saturated heterocycles. The van der Waals surface area contributed by atoms with Gasteiger partial charge in [-0.05, 0) is 27.7 Å². The van der Waals surface area contributed by atoms with Crippen LogP contribution in [-0.2, 0) is 14.3 Å². The molecule has 0 unspecified atom stereocenters. The molecule has 0 rings (SSSR count). The molecule has 84 valence electrons. The molecule has 2 N–H and O–H groups in total. The van der Waals surface area contributed by atoms with E-state index in [2.05, 4.69) is 0 Å². The summed E-state index contributed by atoms with van der Waals surface area (Å²) < 4.78 is 10.7. The van der Waals surface area contributed by atoms with E-state index in [9.17, 15) is 4.79 Å². The lowest BCUT2D eigenvalue weighted by atomic mass is 9.89. The molecule has 4 nitrogen and oxygen atoms in total. The van der Waals surface area contributed by atoms with Crippen molar-refractivity contribution in [3.63, 3.8) is 0 Å². The van der Waals surface area contributed by atoms with Crippen molar-refractivity contribution in [2.75, 3.05) is 13.2 Å². The average molecular weight is 203 g/mol. The summed E-state index contributed by atoms with van der Waals surface area (Å²) in [5, 5.41) is 0. The summed E-state index contributed by atoms with van der Waals surface area (Å²) in [5.74, 6) is -0.306. The van der Waals surface area contributed by atoms with Crippen molar-refractivity contribution in [1.82, 2.24) is 0 Å². The van der Waals surface area contributed by atoms with Crippen molar-refractivity contribution in [2.24, 2.45) is 5.73 Å². The van der Waals surface area contributed by atoms with Crippen LogP contribution in [0.3, 0.4) is 0 Å². The predicted molar refractivity (Wildman–Crippen MR) is 54.9 cm³/mol. The second-order valence-electron chi connectivity index (χ2n) is 4.25. The molecular weight excluding hydrogens is 182 g/mol. The summed E-state index contributed by atoms with van der Waals surface area (Å²) in [6.07, 6.45) is 0. The van der Waals surface area contributed by atoms with Crippen LogP contribution in [0.5, 0.6) is 0 Å². The van der Waals surface area contributed by atoms with E-state index in [1.807, 2.05) is 27.7 Å². The van der Waals surface area contributed by atoms with Gasteiger partial charge in [0.25, 0.3) is 0 Å². The Balaban J connectivity index is 4.43. The third-order valence-corrected chi connectivity index (χ3v) is 2.43. The highest BCUT2D eigenvalue weighted by Crippen LogP contribution is 2.28. The fraction of sp³-hybridized carbons (Fsp3) is 0.900. The number of nitrogens with two attached hydrogens (primary N) is 1. The van der Waals surface area contributed by atoms with Crippen LogP contribution in [-0.4, -0.2) is 30.3 Å². The maximum absolute atomic E-state index is 10.9. The fourth-order valence-corrected chi connectivity index (χ4v) is 0.970. The third-order valence-electron chi connectivity index (χ3n) is 2.43. The topological polar surface area (TPSA) is 61.5 Å². The molecule has 0 radical (unpaired) electrons. The zero-order valence-electron chi connectivity index (χ0n) is 9.72. The molecule has 4 heteroatoms. The van der Waals surface area contributed by atoms with Crippen molar-refractivity contribution in [1.29, 1.82) is 0 Å². The van der Waals surface area contributed by atoms with Crippen molar-refractivity contribution in [3.8, 4) is 0 Å². The monoisotopic (exact) mass is 203 g/mol. The molecule has 0 fully saturated rings. The van der Waals surface area contributed by atoms with E-state index in [-0.39, 0.29) is 5.97 Å². The molecule has 0 amide bonds. The molecule has 0 bridgehead atoms. The Kier molecular flexibility index (Phi) is 4.55. The van der Waals surface area contributed by atoms with E-state index >= 15 is 0 Å². The zero-order valence-corrected chi connectivity index (χ0v) is 9.72. The molecule has 0 saturated carbocycles. The largest absolute Gasteiger partial charge is 0.457 e. The predicted octanol–water partition coefficient (Wildman–Crippen LogP) is 1.08. The summed E-state index contributed by atoms with van der Waals surface area (Å²) in [7, 11) is 0. The molecule has 0 spiro atoms. The lowest BCUT2D eigenvalue weighted by Gasteiger charge is -2.40. The van der Waals surface area contributed by atoms with Crippen LogP contribution < -0.4 is 5.73 Å². The molecule has 0 atom stereocenters. The molecule has 0 aromatic heterocycles. The first-order chi connectivity index (χ1) is 6.23. The number of hydrogen-bond donors (Lipinski definition) is 1. The molecule has 0 heterocycles. The SMILES string of the molecule is CC(=O)OC(C)(C)C(C)(C)OCCN.